The van der Waals surface area contributed by atoms with E-state index in [2.05, 4.69) is 52.8 Å². The Kier molecular flexibility index (Phi) is 8.11. The van der Waals surface area contributed by atoms with Crippen molar-refractivity contribution in [3.8, 4) is 0 Å². The van der Waals surface area contributed by atoms with Gasteiger partial charge in [0.25, 0.3) is 5.91 Å². The molecule has 0 saturated carbocycles. The summed E-state index contributed by atoms with van der Waals surface area (Å²) >= 11 is 0. The Hall–Kier alpha value is -2.29. The highest BCUT2D eigenvalue weighted by Gasteiger charge is 2.29. The van der Waals surface area contributed by atoms with Crippen LogP contribution in [-0.4, -0.2) is 77.3 Å². The number of nitrogens with one attached hydrogen (secondary N) is 1. The van der Waals surface area contributed by atoms with E-state index in [1.807, 2.05) is 12.1 Å². The first-order chi connectivity index (χ1) is 16.0. The zero-order valence-corrected chi connectivity index (χ0v) is 19.7. The molecule has 0 aliphatic carbocycles. The van der Waals surface area contributed by atoms with Gasteiger partial charge in [0.05, 0.1) is 13.2 Å². The first kappa shape index (κ1) is 23.9. The summed E-state index contributed by atoms with van der Waals surface area (Å²) in [6, 6.07) is 17.4. The highest BCUT2D eigenvalue weighted by Crippen LogP contribution is 2.22. The molecule has 0 spiro atoms. The number of hydrogen-bond donors (Lipinski definition) is 2. The molecule has 2 saturated heterocycles. The van der Waals surface area contributed by atoms with E-state index in [4.69, 9.17) is 9.94 Å². The summed E-state index contributed by atoms with van der Waals surface area (Å²) in [5.41, 5.74) is 6.08. The van der Waals surface area contributed by atoms with Gasteiger partial charge in [-0.2, -0.15) is 0 Å². The van der Waals surface area contributed by atoms with Crippen molar-refractivity contribution in [3.63, 3.8) is 0 Å². The summed E-state index contributed by atoms with van der Waals surface area (Å²) in [6.45, 7) is 13.2. The zero-order chi connectivity index (χ0) is 23.2. The van der Waals surface area contributed by atoms with Crippen LogP contribution < -0.4 is 5.48 Å². The maximum atomic E-state index is 11.5. The van der Waals surface area contributed by atoms with Gasteiger partial charge in [-0.3, -0.25) is 24.7 Å². The lowest BCUT2D eigenvalue weighted by Gasteiger charge is -2.44. The predicted molar refractivity (Wildman–Crippen MR) is 128 cm³/mol. The Morgan fingerprint density at radius 2 is 1.52 bits per heavy atom. The Morgan fingerprint density at radius 3 is 2.15 bits per heavy atom. The molecule has 1 amide bonds. The Bertz CT molecular complexity index is 902. The Balaban J connectivity index is 1.32. The van der Waals surface area contributed by atoms with Gasteiger partial charge >= 0.3 is 0 Å². The second-order valence-electron chi connectivity index (χ2n) is 9.41. The van der Waals surface area contributed by atoms with Crippen molar-refractivity contribution in [2.24, 2.45) is 0 Å². The van der Waals surface area contributed by atoms with Crippen LogP contribution in [0.3, 0.4) is 0 Å². The van der Waals surface area contributed by atoms with Crippen LogP contribution in [0.2, 0.25) is 0 Å². The molecule has 0 aromatic heterocycles. The van der Waals surface area contributed by atoms with Gasteiger partial charge in [-0.1, -0.05) is 36.4 Å². The minimum atomic E-state index is -0.480. The molecule has 2 aromatic rings. The van der Waals surface area contributed by atoms with Gasteiger partial charge in [0.1, 0.15) is 0 Å². The molecule has 0 radical (unpaired) electrons. The standard InChI is InChI=1S/C26H36N4O3/c1-20-15-29(17-22-6-8-25(9-7-22)26(31)27-32)16-21(2)30(20)19-24-5-3-4-23(14-24)18-28-10-12-33-13-11-28/h3-9,14,20-21,32H,10-13,15-19H2,1-2H3,(H,27,31)/t20-,21+. The van der Waals surface area contributed by atoms with Gasteiger partial charge in [0.2, 0.25) is 0 Å². The molecule has 0 unspecified atom stereocenters. The topological polar surface area (TPSA) is 68.3 Å². The molecular formula is C26H36N4O3. The number of carbonyl (C=O) groups is 1. The van der Waals surface area contributed by atoms with Crippen LogP contribution in [0.1, 0.15) is 40.9 Å². The van der Waals surface area contributed by atoms with E-state index in [-0.39, 0.29) is 0 Å². The molecule has 2 aromatic carbocycles. The fourth-order valence-corrected chi connectivity index (χ4v) is 5.05. The number of amides is 1. The largest absolute Gasteiger partial charge is 0.379 e. The van der Waals surface area contributed by atoms with Crippen LogP contribution in [-0.2, 0) is 24.4 Å². The molecule has 2 atom stereocenters. The monoisotopic (exact) mass is 452 g/mol. The SMILES string of the molecule is C[C@@H]1CN(Cc2ccc(C(=O)NO)cc2)C[C@H](C)N1Cc1cccc(CN2CCOCC2)c1. The molecule has 2 N–H and O–H groups in total. The van der Waals surface area contributed by atoms with Crippen LogP contribution in [0, 0.1) is 0 Å². The highest BCUT2D eigenvalue weighted by molar-refractivity contribution is 5.93. The number of ether oxygens (including phenoxy) is 1. The highest BCUT2D eigenvalue weighted by atomic mass is 16.5. The van der Waals surface area contributed by atoms with E-state index >= 15 is 0 Å². The average Bonchev–Trinajstić information content (AvgIpc) is 2.82. The molecular weight excluding hydrogens is 416 g/mol. The molecule has 2 heterocycles. The van der Waals surface area contributed by atoms with E-state index in [1.165, 1.54) is 16.7 Å². The van der Waals surface area contributed by atoms with Crippen LogP contribution >= 0.6 is 0 Å². The minimum Gasteiger partial charge on any atom is -0.379 e. The van der Waals surface area contributed by atoms with Crippen molar-refractivity contribution in [2.45, 2.75) is 45.6 Å². The van der Waals surface area contributed by atoms with Gasteiger partial charge in [0, 0.05) is 63.5 Å². The third-order valence-electron chi connectivity index (χ3n) is 6.77. The van der Waals surface area contributed by atoms with E-state index in [0.717, 1.165) is 59.0 Å². The van der Waals surface area contributed by atoms with Gasteiger partial charge in [-0.25, -0.2) is 5.48 Å². The lowest BCUT2D eigenvalue weighted by Crippen LogP contribution is -2.55. The molecule has 2 fully saturated rings. The van der Waals surface area contributed by atoms with Gasteiger partial charge in [-0.15, -0.1) is 0 Å². The zero-order valence-electron chi connectivity index (χ0n) is 19.7. The summed E-state index contributed by atoms with van der Waals surface area (Å²) < 4.78 is 5.47. The normalized spacial score (nSPS) is 22.9. The van der Waals surface area contributed by atoms with Crippen LogP contribution in [0.5, 0.6) is 0 Å². The van der Waals surface area contributed by atoms with E-state index < -0.39 is 5.91 Å². The number of morpholine rings is 1. The number of piperazine rings is 1. The smallest absolute Gasteiger partial charge is 0.274 e. The maximum absolute atomic E-state index is 11.5. The Morgan fingerprint density at radius 1 is 0.909 bits per heavy atom. The average molecular weight is 453 g/mol. The van der Waals surface area contributed by atoms with Gasteiger partial charge < -0.3 is 4.74 Å². The van der Waals surface area contributed by atoms with Crippen LogP contribution in [0.15, 0.2) is 48.5 Å². The van der Waals surface area contributed by atoms with Crippen LogP contribution in [0.4, 0.5) is 0 Å². The molecule has 178 valence electrons. The molecule has 0 bridgehead atoms. The molecule has 7 nitrogen and oxygen atoms in total. The van der Waals surface area contributed by atoms with Crippen molar-refractivity contribution in [3.05, 3.63) is 70.8 Å². The molecule has 33 heavy (non-hydrogen) atoms. The van der Waals surface area contributed by atoms with Crippen molar-refractivity contribution in [1.82, 2.24) is 20.2 Å². The summed E-state index contributed by atoms with van der Waals surface area (Å²) in [4.78, 5) is 19.1. The molecule has 2 aliphatic heterocycles. The van der Waals surface area contributed by atoms with Crippen molar-refractivity contribution >= 4 is 5.91 Å². The molecule has 7 heteroatoms. The lowest BCUT2D eigenvalue weighted by atomic mass is 10.0. The minimum absolute atomic E-state index is 0.455. The van der Waals surface area contributed by atoms with Crippen molar-refractivity contribution in [1.29, 1.82) is 0 Å². The van der Waals surface area contributed by atoms with Crippen molar-refractivity contribution < 1.29 is 14.7 Å². The lowest BCUT2D eigenvalue weighted by molar-refractivity contribution is 0.0288. The summed E-state index contributed by atoms with van der Waals surface area (Å²) in [7, 11) is 0. The van der Waals surface area contributed by atoms with E-state index in [9.17, 15) is 4.79 Å². The van der Waals surface area contributed by atoms with Gasteiger partial charge in [0.15, 0.2) is 0 Å². The maximum Gasteiger partial charge on any atom is 0.274 e. The van der Waals surface area contributed by atoms with Crippen molar-refractivity contribution in [2.75, 3.05) is 39.4 Å². The Labute approximate surface area is 196 Å². The van der Waals surface area contributed by atoms with Crippen LogP contribution in [0.25, 0.3) is 0 Å². The first-order valence-electron chi connectivity index (χ1n) is 11.9. The summed E-state index contributed by atoms with van der Waals surface area (Å²) in [6.07, 6.45) is 0. The second-order valence-corrected chi connectivity index (χ2v) is 9.41. The fourth-order valence-electron chi connectivity index (χ4n) is 5.05. The number of carbonyl (C=O) groups excluding carboxylic acids is 1. The van der Waals surface area contributed by atoms with Gasteiger partial charge in [-0.05, 0) is 42.7 Å². The quantitative estimate of drug-likeness (QED) is 0.497. The number of benzene rings is 2. The summed E-state index contributed by atoms with van der Waals surface area (Å²) in [5.74, 6) is -0.480. The van der Waals surface area contributed by atoms with E-state index in [1.54, 1.807) is 17.6 Å². The van der Waals surface area contributed by atoms with E-state index in [0.29, 0.717) is 17.6 Å². The summed E-state index contributed by atoms with van der Waals surface area (Å²) in [5, 5.41) is 8.78. The third kappa shape index (κ3) is 6.40. The molecule has 2 aliphatic rings. The molecule has 4 rings (SSSR count). The third-order valence-corrected chi connectivity index (χ3v) is 6.77. The first-order valence-corrected chi connectivity index (χ1v) is 11.9. The number of hydroxylamine groups is 1. The number of hydrogen-bond acceptors (Lipinski definition) is 6. The number of nitrogens with zero attached hydrogens (tertiary/aromatic N) is 3. The predicted octanol–water partition coefficient (Wildman–Crippen LogP) is 2.73. The number of rotatable bonds is 7. The second kappa shape index (κ2) is 11.2. The fraction of sp³-hybridized carbons (Fsp3) is 0.500.